The molecule has 2 aromatic rings. The maximum Gasteiger partial charge on any atom is 0.127 e. The minimum Gasteiger partial charge on any atom is -0.496 e. The van der Waals surface area contributed by atoms with E-state index < -0.39 is 0 Å². The van der Waals surface area contributed by atoms with Gasteiger partial charge in [-0.05, 0) is 23.6 Å². The lowest BCUT2D eigenvalue weighted by Crippen LogP contribution is -1.84. The normalized spacial score (nSPS) is 9.92. The molecule has 0 unspecified atom stereocenters. The second-order valence-electron chi connectivity index (χ2n) is 2.68. The van der Waals surface area contributed by atoms with Gasteiger partial charge in [-0.3, -0.25) is 0 Å². The molecule has 2 heteroatoms. The van der Waals surface area contributed by atoms with Gasteiger partial charge < -0.3 is 4.74 Å². The van der Waals surface area contributed by atoms with E-state index in [2.05, 4.69) is 17.5 Å². The van der Waals surface area contributed by atoms with Crippen LogP contribution >= 0.6 is 11.3 Å². The van der Waals surface area contributed by atoms with Gasteiger partial charge in [0.15, 0.2) is 0 Å². The third kappa shape index (κ3) is 1.58. The maximum absolute atomic E-state index is 5.28. The molecule has 0 bridgehead atoms. The van der Waals surface area contributed by atoms with Crippen molar-refractivity contribution in [1.82, 2.24) is 0 Å². The Balaban J connectivity index is 2.51. The van der Waals surface area contributed by atoms with Crippen LogP contribution in [0.4, 0.5) is 0 Å². The number of benzene rings is 1. The van der Waals surface area contributed by atoms with Crippen LogP contribution in [-0.2, 0) is 0 Å². The van der Waals surface area contributed by atoms with Gasteiger partial charge in [-0.1, -0.05) is 18.2 Å². The second kappa shape index (κ2) is 3.62. The molecule has 0 aliphatic rings. The molecule has 0 saturated carbocycles. The molecule has 0 spiro atoms. The third-order valence-corrected chi connectivity index (χ3v) is 2.80. The highest BCUT2D eigenvalue weighted by molar-refractivity contribution is 7.13. The highest BCUT2D eigenvalue weighted by Gasteiger charge is 2.03. The molecule has 0 N–H and O–H groups in total. The zero-order valence-corrected chi connectivity index (χ0v) is 8.17. The Morgan fingerprint density at radius 3 is 2.62 bits per heavy atom. The van der Waals surface area contributed by atoms with Gasteiger partial charge in [0, 0.05) is 10.4 Å². The number of ether oxygens (including phenoxy) is 1. The first kappa shape index (κ1) is 8.32. The summed E-state index contributed by atoms with van der Waals surface area (Å²) in [5, 5.41) is 2.07. The van der Waals surface area contributed by atoms with Gasteiger partial charge in [-0.2, -0.15) is 0 Å². The lowest BCUT2D eigenvalue weighted by molar-refractivity contribution is 0.416. The molecule has 0 saturated heterocycles. The molecule has 66 valence electrons. The average Bonchev–Trinajstić information content (AvgIpc) is 2.70. The number of thiophene rings is 1. The molecule has 1 heterocycles. The molecule has 0 aliphatic carbocycles. The summed E-state index contributed by atoms with van der Waals surface area (Å²) in [5.41, 5.74) is 1.17. The van der Waals surface area contributed by atoms with Crippen LogP contribution in [0.5, 0.6) is 5.75 Å². The van der Waals surface area contributed by atoms with E-state index in [1.54, 1.807) is 18.4 Å². The van der Waals surface area contributed by atoms with Crippen LogP contribution in [0.3, 0.4) is 0 Å². The van der Waals surface area contributed by atoms with Crippen molar-refractivity contribution < 1.29 is 4.74 Å². The van der Waals surface area contributed by atoms with Crippen molar-refractivity contribution in [2.75, 3.05) is 7.11 Å². The molecular formula is C11H10OS. The topological polar surface area (TPSA) is 9.23 Å². The predicted molar refractivity (Wildman–Crippen MR) is 56.3 cm³/mol. The van der Waals surface area contributed by atoms with E-state index in [1.165, 1.54) is 10.4 Å². The maximum atomic E-state index is 5.28. The fourth-order valence-corrected chi connectivity index (χ4v) is 2.04. The van der Waals surface area contributed by atoms with Crippen LogP contribution in [0.25, 0.3) is 10.4 Å². The molecule has 0 amide bonds. The van der Waals surface area contributed by atoms with Crippen molar-refractivity contribution >= 4 is 11.3 Å². The largest absolute Gasteiger partial charge is 0.496 e. The van der Waals surface area contributed by atoms with Crippen molar-refractivity contribution in [2.45, 2.75) is 0 Å². The molecule has 0 radical (unpaired) electrons. The smallest absolute Gasteiger partial charge is 0.127 e. The van der Waals surface area contributed by atoms with E-state index >= 15 is 0 Å². The minimum absolute atomic E-state index is 0.935. The molecule has 1 aromatic carbocycles. The van der Waals surface area contributed by atoms with Crippen molar-refractivity contribution in [1.29, 1.82) is 0 Å². The summed E-state index contributed by atoms with van der Waals surface area (Å²) >= 11 is 1.73. The molecule has 13 heavy (non-hydrogen) atoms. The molecular weight excluding hydrogens is 180 g/mol. The van der Waals surface area contributed by atoms with Gasteiger partial charge in [0.05, 0.1) is 7.11 Å². The first-order valence-electron chi connectivity index (χ1n) is 4.08. The zero-order chi connectivity index (χ0) is 9.10. The number of hydrogen-bond donors (Lipinski definition) is 0. The average molecular weight is 190 g/mol. The van der Waals surface area contributed by atoms with Crippen LogP contribution in [0, 0.1) is 0 Å². The molecule has 0 fully saturated rings. The highest BCUT2D eigenvalue weighted by atomic mass is 32.1. The Hall–Kier alpha value is -1.28. The van der Waals surface area contributed by atoms with Crippen LogP contribution in [0.1, 0.15) is 0 Å². The summed E-state index contributed by atoms with van der Waals surface area (Å²) in [6.45, 7) is 0. The molecule has 0 atom stereocenters. The van der Waals surface area contributed by atoms with E-state index in [4.69, 9.17) is 4.74 Å². The Morgan fingerprint density at radius 1 is 1.08 bits per heavy atom. The van der Waals surface area contributed by atoms with Crippen LogP contribution in [0.15, 0.2) is 41.8 Å². The summed E-state index contributed by atoms with van der Waals surface area (Å²) in [7, 11) is 1.70. The van der Waals surface area contributed by atoms with E-state index in [9.17, 15) is 0 Å². The lowest BCUT2D eigenvalue weighted by atomic mass is 10.2. The fraction of sp³-hybridized carbons (Fsp3) is 0.0909. The quantitative estimate of drug-likeness (QED) is 0.705. The molecule has 0 aliphatic heterocycles. The van der Waals surface area contributed by atoms with E-state index in [0.29, 0.717) is 0 Å². The van der Waals surface area contributed by atoms with E-state index in [1.807, 2.05) is 24.3 Å². The lowest BCUT2D eigenvalue weighted by Gasteiger charge is -2.04. The first-order valence-corrected chi connectivity index (χ1v) is 4.96. The monoisotopic (exact) mass is 190 g/mol. The first-order chi connectivity index (χ1) is 6.42. The van der Waals surface area contributed by atoms with Crippen LogP contribution < -0.4 is 4.74 Å². The minimum atomic E-state index is 0.935. The fourth-order valence-electron chi connectivity index (χ4n) is 1.28. The second-order valence-corrected chi connectivity index (χ2v) is 3.63. The van der Waals surface area contributed by atoms with Crippen molar-refractivity contribution in [3.63, 3.8) is 0 Å². The Morgan fingerprint density at radius 2 is 1.92 bits per heavy atom. The molecule has 2 rings (SSSR count). The molecule has 1 aromatic heterocycles. The molecule has 1 nitrogen and oxygen atoms in total. The van der Waals surface area contributed by atoms with Gasteiger partial charge in [0.2, 0.25) is 0 Å². The number of para-hydroxylation sites is 1. The van der Waals surface area contributed by atoms with Gasteiger partial charge in [-0.25, -0.2) is 0 Å². The zero-order valence-electron chi connectivity index (χ0n) is 7.36. The van der Waals surface area contributed by atoms with Crippen molar-refractivity contribution in [2.24, 2.45) is 0 Å². The summed E-state index contributed by atoms with van der Waals surface area (Å²) in [6, 6.07) is 12.2. The van der Waals surface area contributed by atoms with Gasteiger partial charge in [0.1, 0.15) is 5.75 Å². The van der Waals surface area contributed by atoms with Gasteiger partial charge in [-0.15, -0.1) is 11.3 Å². The number of rotatable bonds is 2. The van der Waals surface area contributed by atoms with Crippen LogP contribution in [0.2, 0.25) is 0 Å². The van der Waals surface area contributed by atoms with E-state index in [0.717, 1.165) is 5.75 Å². The summed E-state index contributed by atoms with van der Waals surface area (Å²) in [6.07, 6.45) is 0. The number of hydrogen-bond acceptors (Lipinski definition) is 2. The van der Waals surface area contributed by atoms with Gasteiger partial charge >= 0.3 is 0 Å². The Kier molecular flexibility index (Phi) is 2.32. The van der Waals surface area contributed by atoms with Crippen molar-refractivity contribution in [3.05, 3.63) is 41.8 Å². The van der Waals surface area contributed by atoms with Gasteiger partial charge in [0.25, 0.3) is 0 Å². The summed E-state index contributed by atoms with van der Waals surface area (Å²) < 4.78 is 5.28. The SMILES string of the molecule is COc1ccccc1-c1cccs1. The standard InChI is InChI=1S/C11H10OS/c1-12-10-6-3-2-5-9(10)11-7-4-8-13-11/h2-8H,1H3. The Labute approximate surface area is 81.6 Å². The summed E-state index contributed by atoms with van der Waals surface area (Å²) in [4.78, 5) is 1.25. The predicted octanol–water partition coefficient (Wildman–Crippen LogP) is 3.42. The highest BCUT2D eigenvalue weighted by Crippen LogP contribution is 2.32. The Bertz CT molecular complexity index is 379. The van der Waals surface area contributed by atoms with Crippen molar-refractivity contribution in [3.8, 4) is 16.2 Å². The summed E-state index contributed by atoms with van der Waals surface area (Å²) in [5.74, 6) is 0.935. The van der Waals surface area contributed by atoms with Crippen LogP contribution in [-0.4, -0.2) is 7.11 Å². The number of methoxy groups -OCH3 is 1. The van der Waals surface area contributed by atoms with E-state index in [-0.39, 0.29) is 0 Å². The third-order valence-electron chi connectivity index (χ3n) is 1.89.